The second-order valence-electron chi connectivity index (χ2n) is 8.53. The van der Waals surface area contributed by atoms with Crippen LogP contribution in [0.25, 0.3) is 11.1 Å². The molecule has 2 bridgehead atoms. The van der Waals surface area contributed by atoms with Crippen molar-refractivity contribution in [3.63, 3.8) is 0 Å². The molecule has 2 unspecified atom stereocenters. The van der Waals surface area contributed by atoms with Gasteiger partial charge in [-0.1, -0.05) is 0 Å². The van der Waals surface area contributed by atoms with Gasteiger partial charge in [0.2, 0.25) is 17.4 Å². The van der Waals surface area contributed by atoms with Gasteiger partial charge < -0.3 is 30.0 Å². The lowest BCUT2D eigenvalue weighted by Crippen LogP contribution is -2.50. The summed E-state index contributed by atoms with van der Waals surface area (Å²) >= 11 is 0. The molecule has 0 radical (unpaired) electrons. The van der Waals surface area contributed by atoms with Crippen molar-refractivity contribution in [3.05, 3.63) is 23.6 Å². The minimum atomic E-state index is -0.788. The summed E-state index contributed by atoms with van der Waals surface area (Å²) in [6.07, 6.45) is 2.54. The number of urea groups is 1. The highest BCUT2D eigenvalue weighted by Gasteiger charge is 2.44. The van der Waals surface area contributed by atoms with Crippen LogP contribution in [0.1, 0.15) is 35.5 Å². The number of nitrogens with one attached hydrogen (secondary N) is 1. The molecule has 3 aliphatic heterocycles. The van der Waals surface area contributed by atoms with Crippen molar-refractivity contribution in [1.29, 1.82) is 0 Å². The Balaban J connectivity index is 1.32. The highest BCUT2D eigenvalue weighted by Crippen LogP contribution is 2.32. The van der Waals surface area contributed by atoms with Crippen LogP contribution in [0.15, 0.2) is 16.5 Å². The molecule has 0 saturated carbocycles. The number of nitrogens with two attached hydrogens (primary N) is 1. The van der Waals surface area contributed by atoms with E-state index in [1.54, 1.807) is 24.0 Å². The molecule has 4 amide bonds. The lowest BCUT2D eigenvalue weighted by atomic mass is 9.96. The summed E-state index contributed by atoms with van der Waals surface area (Å²) in [7, 11) is 0. The Morgan fingerprint density at radius 3 is 2.81 bits per heavy atom. The topological polar surface area (TPSA) is 131 Å². The van der Waals surface area contributed by atoms with Gasteiger partial charge in [-0.05, 0) is 38.3 Å². The summed E-state index contributed by atoms with van der Waals surface area (Å²) < 4.78 is 11.1. The number of anilines is 1. The van der Waals surface area contributed by atoms with E-state index in [2.05, 4.69) is 10.3 Å². The zero-order valence-corrected chi connectivity index (χ0v) is 17.3. The Morgan fingerprint density at radius 1 is 1.26 bits per heavy atom. The molecule has 0 aromatic carbocycles. The van der Waals surface area contributed by atoms with E-state index < -0.39 is 11.9 Å². The Kier molecular flexibility index (Phi) is 4.81. The van der Waals surface area contributed by atoms with Crippen LogP contribution in [-0.2, 0) is 9.53 Å². The number of likely N-dealkylation sites (tertiary alicyclic amines) is 2. The van der Waals surface area contributed by atoms with Gasteiger partial charge in [-0.3, -0.25) is 9.59 Å². The maximum atomic E-state index is 13.1. The van der Waals surface area contributed by atoms with Gasteiger partial charge in [0, 0.05) is 25.3 Å². The van der Waals surface area contributed by atoms with Crippen LogP contribution in [0, 0.1) is 12.8 Å². The highest BCUT2D eigenvalue weighted by atomic mass is 16.5. The number of carbonyl (C=O) groups excluding carboxylic acids is 3. The fourth-order valence-corrected chi connectivity index (χ4v) is 4.82. The van der Waals surface area contributed by atoms with Crippen molar-refractivity contribution in [1.82, 2.24) is 14.8 Å². The van der Waals surface area contributed by atoms with Crippen LogP contribution in [-0.4, -0.2) is 71.0 Å². The van der Waals surface area contributed by atoms with Gasteiger partial charge in [-0.25, -0.2) is 9.78 Å². The molecule has 2 aromatic rings. The summed E-state index contributed by atoms with van der Waals surface area (Å²) in [5, 5.41) is 3.27. The Bertz CT molecular complexity index is 1070. The van der Waals surface area contributed by atoms with Gasteiger partial charge in [-0.2, -0.15) is 0 Å². The summed E-state index contributed by atoms with van der Waals surface area (Å²) in [6, 6.07) is 3.26. The second kappa shape index (κ2) is 7.52. The number of aromatic nitrogens is 1. The number of fused-ring (bicyclic) bond motifs is 3. The molecule has 10 nitrogen and oxygen atoms in total. The molecule has 3 aliphatic rings. The summed E-state index contributed by atoms with van der Waals surface area (Å²) in [4.78, 5) is 45.7. The van der Waals surface area contributed by atoms with Crippen LogP contribution in [0.2, 0.25) is 0 Å². The number of primary amides is 1. The zero-order chi connectivity index (χ0) is 21.7. The summed E-state index contributed by atoms with van der Waals surface area (Å²) in [5.74, 6) is -1.07. The number of carbonyl (C=O) groups is 3. The first kappa shape index (κ1) is 19.8. The quantitative estimate of drug-likeness (QED) is 0.763. The molecule has 0 spiro atoms. The number of hydrogen-bond acceptors (Lipinski definition) is 6. The van der Waals surface area contributed by atoms with Gasteiger partial charge in [0.1, 0.15) is 5.69 Å². The number of hydrogen-bond donors (Lipinski definition) is 2. The van der Waals surface area contributed by atoms with E-state index in [1.807, 2.05) is 4.90 Å². The number of ether oxygens (including phenoxy) is 1. The van der Waals surface area contributed by atoms with E-state index in [0.29, 0.717) is 37.3 Å². The second-order valence-corrected chi connectivity index (χ2v) is 8.53. The Hall–Kier alpha value is -3.14. The van der Waals surface area contributed by atoms with Crippen molar-refractivity contribution in [2.24, 2.45) is 11.7 Å². The number of morpholine rings is 1. The summed E-state index contributed by atoms with van der Waals surface area (Å²) in [5.41, 5.74) is 6.61. The zero-order valence-electron chi connectivity index (χ0n) is 17.3. The van der Waals surface area contributed by atoms with Crippen molar-refractivity contribution in [2.45, 2.75) is 38.3 Å². The maximum Gasteiger partial charge on any atom is 0.321 e. The van der Waals surface area contributed by atoms with Crippen molar-refractivity contribution >= 4 is 34.6 Å². The number of aryl methyl sites for hydroxylation is 1. The van der Waals surface area contributed by atoms with Crippen LogP contribution in [0.3, 0.4) is 0 Å². The third kappa shape index (κ3) is 3.50. The van der Waals surface area contributed by atoms with Gasteiger partial charge in [0.15, 0.2) is 0 Å². The number of piperidine rings is 1. The van der Waals surface area contributed by atoms with Gasteiger partial charge in [0.25, 0.3) is 5.91 Å². The molecule has 5 rings (SSSR count). The van der Waals surface area contributed by atoms with E-state index in [-0.39, 0.29) is 41.1 Å². The van der Waals surface area contributed by atoms with Crippen molar-refractivity contribution in [2.75, 3.05) is 31.6 Å². The van der Waals surface area contributed by atoms with Crippen LogP contribution in [0.4, 0.5) is 10.5 Å². The predicted octanol–water partition coefficient (Wildman–Crippen LogP) is 1.48. The number of nitrogens with zero attached hydrogens (tertiary/aromatic N) is 3. The number of rotatable bonds is 3. The van der Waals surface area contributed by atoms with E-state index in [0.717, 1.165) is 19.3 Å². The largest absolute Gasteiger partial charge is 0.430 e. The minimum absolute atomic E-state index is 0.0968. The fourth-order valence-electron chi connectivity index (χ4n) is 4.82. The predicted molar refractivity (Wildman–Crippen MR) is 110 cm³/mol. The molecule has 0 aliphatic carbocycles. The Labute approximate surface area is 178 Å². The molecule has 3 saturated heterocycles. The maximum absolute atomic E-state index is 13.1. The minimum Gasteiger partial charge on any atom is -0.430 e. The smallest absolute Gasteiger partial charge is 0.321 e. The van der Waals surface area contributed by atoms with Crippen LogP contribution < -0.4 is 11.1 Å². The lowest BCUT2D eigenvalue weighted by Gasteiger charge is -2.36. The summed E-state index contributed by atoms with van der Waals surface area (Å²) in [6.45, 7) is 3.90. The van der Waals surface area contributed by atoms with E-state index in [4.69, 9.17) is 14.9 Å². The lowest BCUT2D eigenvalue weighted by molar-refractivity contribution is -0.141. The fraction of sp³-hybridized carbons (Fsp3) is 0.524. The van der Waals surface area contributed by atoms with Gasteiger partial charge in [0.05, 0.1) is 30.1 Å². The third-order valence-electron chi connectivity index (χ3n) is 6.39. The first-order valence-corrected chi connectivity index (χ1v) is 10.6. The van der Waals surface area contributed by atoms with Gasteiger partial charge >= 0.3 is 6.03 Å². The average Bonchev–Trinajstić information content (AvgIpc) is 3.47. The van der Waals surface area contributed by atoms with Crippen LogP contribution in [0.5, 0.6) is 0 Å². The van der Waals surface area contributed by atoms with E-state index in [9.17, 15) is 14.4 Å². The normalized spacial score (nSPS) is 25.3. The SMILES string of the molecule is Cc1ccc2c(NC(=O)N3CCC[C@@H](C(=O)N4CC5CC4CO5)C3)c(C(N)=O)oc2n1. The molecule has 3 N–H and O–H groups in total. The highest BCUT2D eigenvalue weighted by molar-refractivity contribution is 6.09. The number of pyridine rings is 1. The van der Waals surface area contributed by atoms with E-state index in [1.165, 1.54) is 0 Å². The molecule has 2 aromatic heterocycles. The molecule has 164 valence electrons. The molecular formula is C21H25N5O5. The number of amides is 4. The average molecular weight is 427 g/mol. The van der Waals surface area contributed by atoms with E-state index >= 15 is 0 Å². The van der Waals surface area contributed by atoms with Gasteiger partial charge in [-0.15, -0.1) is 0 Å². The standard InChI is InChI=1S/C21H25N5O5/c1-11-4-5-15-16(17(18(22)27)31-19(15)23-11)24-21(29)25-6-2-3-12(8-25)20(28)26-9-14-7-13(26)10-30-14/h4-5,12-14H,2-3,6-10H2,1H3,(H2,22,27)(H,24,29)/t12-,13?,14?/m1/s1. The van der Waals surface area contributed by atoms with Crippen molar-refractivity contribution in [3.8, 4) is 0 Å². The monoisotopic (exact) mass is 427 g/mol. The third-order valence-corrected chi connectivity index (χ3v) is 6.39. The molecule has 31 heavy (non-hydrogen) atoms. The van der Waals surface area contributed by atoms with Crippen LogP contribution >= 0.6 is 0 Å². The molecule has 3 atom stereocenters. The first-order valence-electron chi connectivity index (χ1n) is 10.6. The first-order chi connectivity index (χ1) is 14.9. The molecule has 5 heterocycles. The van der Waals surface area contributed by atoms with Crippen molar-refractivity contribution < 1.29 is 23.5 Å². The molecular weight excluding hydrogens is 402 g/mol. The Morgan fingerprint density at radius 2 is 2.10 bits per heavy atom. The molecule has 10 heteroatoms. The molecule has 3 fully saturated rings. The number of furan rings is 1.